The number of ether oxygens (including phenoxy) is 2. The van der Waals surface area contributed by atoms with E-state index in [-0.39, 0.29) is 29.6 Å². The highest BCUT2D eigenvalue weighted by Gasteiger charge is 2.33. The van der Waals surface area contributed by atoms with Gasteiger partial charge in [-0.05, 0) is 61.7 Å². The molecule has 0 amide bonds. The molecule has 2 rings (SSSR count). The monoisotopic (exact) mass is 382 g/mol. The van der Waals surface area contributed by atoms with Gasteiger partial charge in [0.05, 0.1) is 10.0 Å². The normalized spacial score (nSPS) is 14.3. The van der Waals surface area contributed by atoms with Gasteiger partial charge in [-0.15, -0.1) is 0 Å². The number of ketones is 1. The zero-order chi connectivity index (χ0) is 17.2. The highest BCUT2D eigenvalue weighted by Crippen LogP contribution is 2.37. The number of rotatable bonds is 6. The second-order valence-electron chi connectivity index (χ2n) is 6.47. The molecule has 1 saturated carbocycles. The average Bonchev–Trinajstić information content (AvgIpc) is 3.27. The number of hydrogen-bond acceptors (Lipinski definition) is 5. The van der Waals surface area contributed by atoms with Crippen molar-refractivity contribution < 1.29 is 23.9 Å². The molecule has 0 N–H and O–H groups in total. The van der Waals surface area contributed by atoms with Crippen molar-refractivity contribution in [2.45, 2.75) is 39.2 Å². The molecule has 124 valence electrons. The number of esters is 1. The predicted octanol–water partition coefficient (Wildman–Crippen LogP) is 3.57. The van der Waals surface area contributed by atoms with Gasteiger partial charge in [0.25, 0.3) is 0 Å². The Bertz CT molecular complexity index is 641. The number of Topliss-reactive ketones (excluding diaryl/α,β-unsaturated/α-hetero) is 1. The molecule has 1 aliphatic rings. The van der Waals surface area contributed by atoms with Gasteiger partial charge in [-0.25, -0.2) is 4.79 Å². The summed E-state index contributed by atoms with van der Waals surface area (Å²) in [6, 6.07) is 3.25. The molecule has 0 aromatic heterocycles. The number of carbonyl (C=O) groups excluding carboxylic acids is 3. The molecule has 0 aliphatic heterocycles. The standard InChI is InChI=1S/C17H19BrO5/c1-17(2,3)23-14(20)9-22-16-12(8-19)11(6-7-13(16)18)15(21)10-4-5-10/h6-8,10H,4-5,9H2,1-3H3. The third kappa shape index (κ3) is 4.64. The smallest absolute Gasteiger partial charge is 0.344 e. The third-order valence-electron chi connectivity index (χ3n) is 3.23. The van der Waals surface area contributed by atoms with Gasteiger partial charge in [0.2, 0.25) is 0 Å². The third-order valence-corrected chi connectivity index (χ3v) is 3.86. The summed E-state index contributed by atoms with van der Waals surface area (Å²) >= 11 is 3.29. The topological polar surface area (TPSA) is 69.7 Å². The zero-order valence-corrected chi connectivity index (χ0v) is 14.9. The molecule has 1 fully saturated rings. The fourth-order valence-corrected chi connectivity index (χ4v) is 2.58. The Labute approximate surface area is 143 Å². The van der Waals surface area contributed by atoms with Crippen molar-refractivity contribution in [3.05, 3.63) is 27.7 Å². The number of aldehydes is 1. The van der Waals surface area contributed by atoms with Gasteiger partial charge in [0, 0.05) is 11.5 Å². The Morgan fingerprint density at radius 1 is 1.30 bits per heavy atom. The lowest BCUT2D eigenvalue weighted by Gasteiger charge is -2.20. The first-order chi connectivity index (χ1) is 10.7. The van der Waals surface area contributed by atoms with E-state index >= 15 is 0 Å². The molecular weight excluding hydrogens is 364 g/mol. The van der Waals surface area contributed by atoms with Crippen molar-refractivity contribution in [3.63, 3.8) is 0 Å². The van der Waals surface area contributed by atoms with Crippen molar-refractivity contribution in [1.29, 1.82) is 0 Å². The van der Waals surface area contributed by atoms with Crippen molar-refractivity contribution in [2.75, 3.05) is 6.61 Å². The van der Waals surface area contributed by atoms with Gasteiger partial charge < -0.3 is 9.47 Å². The van der Waals surface area contributed by atoms with E-state index in [0.29, 0.717) is 16.3 Å². The average molecular weight is 383 g/mol. The van der Waals surface area contributed by atoms with Crippen LogP contribution in [0.3, 0.4) is 0 Å². The summed E-state index contributed by atoms with van der Waals surface area (Å²) in [4.78, 5) is 35.5. The number of hydrogen-bond donors (Lipinski definition) is 0. The maximum atomic E-state index is 12.3. The van der Waals surface area contributed by atoms with Crippen molar-refractivity contribution in [3.8, 4) is 5.75 Å². The van der Waals surface area contributed by atoms with Crippen LogP contribution in [-0.4, -0.2) is 30.2 Å². The van der Waals surface area contributed by atoms with E-state index in [1.54, 1.807) is 32.9 Å². The molecule has 23 heavy (non-hydrogen) atoms. The Morgan fingerprint density at radius 3 is 2.48 bits per heavy atom. The number of halogens is 1. The predicted molar refractivity (Wildman–Crippen MR) is 87.9 cm³/mol. The van der Waals surface area contributed by atoms with Gasteiger partial charge in [-0.1, -0.05) is 0 Å². The first-order valence-electron chi connectivity index (χ1n) is 7.39. The molecule has 1 aromatic carbocycles. The van der Waals surface area contributed by atoms with Crippen LogP contribution in [0.15, 0.2) is 16.6 Å². The highest BCUT2D eigenvalue weighted by molar-refractivity contribution is 9.10. The van der Waals surface area contributed by atoms with Gasteiger partial charge in [-0.3, -0.25) is 9.59 Å². The number of carbonyl (C=O) groups is 3. The quantitative estimate of drug-likeness (QED) is 0.427. The zero-order valence-electron chi connectivity index (χ0n) is 13.3. The second-order valence-corrected chi connectivity index (χ2v) is 7.32. The highest BCUT2D eigenvalue weighted by atomic mass is 79.9. The fourth-order valence-electron chi connectivity index (χ4n) is 2.12. The van der Waals surface area contributed by atoms with Crippen molar-refractivity contribution in [1.82, 2.24) is 0 Å². The SMILES string of the molecule is CC(C)(C)OC(=O)COc1c(Br)ccc(C(=O)C2CC2)c1C=O. The van der Waals surface area contributed by atoms with Crippen LogP contribution in [0.2, 0.25) is 0 Å². The van der Waals surface area contributed by atoms with Crippen molar-refractivity contribution >= 4 is 34.0 Å². The largest absolute Gasteiger partial charge is 0.480 e. The molecule has 1 aliphatic carbocycles. The molecular formula is C17H19BrO5. The first kappa shape index (κ1) is 17.7. The fraction of sp³-hybridized carbons (Fsp3) is 0.471. The molecule has 0 spiro atoms. The summed E-state index contributed by atoms with van der Waals surface area (Å²) in [6.07, 6.45) is 2.29. The molecule has 0 unspecified atom stereocenters. The number of benzene rings is 1. The minimum atomic E-state index is -0.616. The van der Waals surface area contributed by atoms with E-state index < -0.39 is 11.6 Å². The summed E-state index contributed by atoms with van der Waals surface area (Å²) in [6.45, 7) is 4.93. The van der Waals surface area contributed by atoms with Gasteiger partial charge in [0.1, 0.15) is 11.4 Å². The summed E-state index contributed by atoms with van der Waals surface area (Å²) in [5, 5.41) is 0. The van der Waals surface area contributed by atoms with E-state index in [4.69, 9.17) is 9.47 Å². The van der Waals surface area contributed by atoms with E-state index in [1.165, 1.54) is 0 Å². The Morgan fingerprint density at radius 2 is 1.96 bits per heavy atom. The van der Waals surface area contributed by atoms with Crippen LogP contribution in [0.4, 0.5) is 0 Å². The summed E-state index contributed by atoms with van der Waals surface area (Å²) in [5.74, 6) is -0.409. The molecule has 0 atom stereocenters. The molecule has 0 bridgehead atoms. The Hall–Kier alpha value is -1.69. The minimum absolute atomic E-state index is 0.00594. The second kappa shape index (κ2) is 6.83. The van der Waals surface area contributed by atoms with Crippen LogP contribution in [0, 0.1) is 5.92 Å². The molecule has 0 heterocycles. The molecule has 0 radical (unpaired) electrons. The lowest BCUT2D eigenvalue weighted by Crippen LogP contribution is -2.27. The molecule has 0 saturated heterocycles. The van der Waals surface area contributed by atoms with Gasteiger partial charge >= 0.3 is 5.97 Å². The van der Waals surface area contributed by atoms with Crippen LogP contribution in [0.25, 0.3) is 0 Å². The Kier molecular flexibility index (Phi) is 5.24. The summed E-state index contributed by atoms with van der Waals surface area (Å²) in [7, 11) is 0. The maximum absolute atomic E-state index is 12.3. The Balaban J connectivity index is 2.20. The van der Waals surface area contributed by atoms with E-state index in [0.717, 1.165) is 12.8 Å². The molecule has 5 nitrogen and oxygen atoms in total. The first-order valence-corrected chi connectivity index (χ1v) is 8.19. The van der Waals surface area contributed by atoms with Gasteiger partial charge in [-0.2, -0.15) is 0 Å². The van der Waals surface area contributed by atoms with Crippen LogP contribution < -0.4 is 4.74 Å². The maximum Gasteiger partial charge on any atom is 0.344 e. The van der Waals surface area contributed by atoms with E-state index in [1.807, 2.05) is 0 Å². The van der Waals surface area contributed by atoms with Crippen LogP contribution in [0.1, 0.15) is 54.3 Å². The minimum Gasteiger partial charge on any atom is -0.480 e. The van der Waals surface area contributed by atoms with Crippen LogP contribution in [0.5, 0.6) is 5.75 Å². The van der Waals surface area contributed by atoms with Gasteiger partial charge in [0.15, 0.2) is 18.7 Å². The van der Waals surface area contributed by atoms with E-state index in [2.05, 4.69) is 15.9 Å². The lowest BCUT2D eigenvalue weighted by molar-refractivity contribution is -0.157. The molecule has 6 heteroatoms. The lowest BCUT2D eigenvalue weighted by atomic mass is 10.0. The summed E-state index contributed by atoms with van der Waals surface area (Å²) < 4.78 is 11.1. The van der Waals surface area contributed by atoms with Crippen molar-refractivity contribution in [2.24, 2.45) is 5.92 Å². The molecule has 1 aromatic rings. The van der Waals surface area contributed by atoms with Crippen LogP contribution in [-0.2, 0) is 9.53 Å². The van der Waals surface area contributed by atoms with Crippen LogP contribution >= 0.6 is 15.9 Å². The summed E-state index contributed by atoms with van der Waals surface area (Å²) in [5.41, 5.74) is -0.112. The van der Waals surface area contributed by atoms with E-state index in [9.17, 15) is 14.4 Å².